The summed E-state index contributed by atoms with van der Waals surface area (Å²) in [6.07, 6.45) is 3.59. The third kappa shape index (κ3) is 3.92. The van der Waals surface area contributed by atoms with Crippen LogP contribution in [-0.4, -0.2) is 33.9 Å². The number of fused-ring (bicyclic) bond motifs is 1. The van der Waals surface area contributed by atoms with Gasteiger partial charge in [-0.25, -0.2) is 14.2 Å². The standard InChI is InChI=1S/C22H25FN2O3S/c1-22(2,3)28-21(27)25-11-5-8-18(25)20-24-17(12-29-20)19(26)15-9-10-16(23)14-7-4-6-13(14)15/h9-10,12,18H,4-8,11H2,1-3H3/t18-/m0/s1. The van der Waals surface area contributed by atoms with Crippen LogP contribution in [-0.2, 0) is 17.6 Å². The van der Waals surface area contributed by atoms with E-state index < -0.39 is 5.60 Å². The Hall–Kier alpha value is -2.28. The largest absolute Gasteiger partial charge is 0.444 e. The number of hydrogen-bond donors (Lipinski definition) is 0. The molecule has 1 aliphatic carbocycles. The lowest BCUT2D eigenvalue weighted by Gasteiger charge is -2.27. The number of carbonyl (C=O) groups excluding carboxylic acids is 2. The molecule has 0 N–H and O–H groups in total. The Morgan fingerprint density at radius 3 is 2.72 bits per heavy atom. The van der Waals surface area contributed by atoms with E-state index in [4.69, 9.17) is 4.74 Å². The number of amides is 1. The first-order valence-electron chi connectivity index (χ1n) is 10.0. The van der Waals surface area contributed by atoms with Crippen molar-refractivity contribution < 1.29 is 18.7 Å². The molecular formula is C22H25FN2O3S. The molecule has 1 aliphatic heterocycles. The summed E-state index contributed by atoms with van der Waals surface area (Å²) in [4.78, 5) is 31.9. The third-order valence-electron chi connectivity index (χ3n) is 5.39. The Bertz CT molecular complexity index is 963. The van der Waals surface area contributed by atoms with Crippen molar-refractivity contribution in [1.82, 2.24) is 9.88 Å². The summed E-state index contributed by atoms with van der Waals surface area (Å²) in [7, 11) is 0. The number of carbonyl (C=O) groups is 2. The number of benzene rings is 1. The van der Waals surface area contributed by atoms with Gasteiger partial charge in [0.1, 0.15) is 22.1 Å². The zero-order valence-corrected chi connectivity index (χ0v) is 17.8. The monoisotopic (exact) mass is 416 g/mol. The highest BCUT2D eigenvalue weighted by molar-refractivity contribution is 7.10. The summed E-state index contributed by atoms with van der Waals surface area (Å²) in [6, 6.07) is 2.78. The number of aromatic nitrogens is 1. The first-order chi connectivity index (χ1) is 13.7. The van der Waals surface area contributed by atoms with Gasteiger partial charge in [-0.3, -0.25) is 9.69 Å². The number of nitrogens with zero attached hydrogens (tertiary/aromatic N) is 2. The van der Waals surface area contributed by atoms with E-state index >= 15 is 0 Å². The molecule has 0 saturated carbocycles. The van der Waals surface area contributed by atoms with Gasteiger partial charge in [0.05, 0.1) is 6.04 Å². The molecule has 0 unspecified atom stereocenters. The third-order valence-corrected chi connectivity index (χ3v) is 6.34. The van der Waals surface area contributed by atoms with Crippen LogP contribution < -0.4 is 0 Å². The lowest BCUT2D eigenvalue weighted by molar-refractivity contribution is 0.0224. The summed E-state index contributed by atoms with van der Waals surface area (Å²) in [5, 5.41) is 2.49. The molecule has 4 rings (SSSR count). The minimum absolute atomic E-state index is 0.171. The van der Waals surface area contributed by atoms with Gasteiger partial charge >= 0.3 is 6.09 Å². The van der Waals surface area contributed by atoms with E-state index in [0.29, 0.717) is 29.8 Å². The quantitative estimate of drug-likeness (QED) is 0.655. The average molecular weight is 417 g/mol. The van der Waals surface area contributed by atoms with Crippen molar-refractivity contribution in [3.63, 3.8) is 0 Å². The van der Waals surface area contributed by atoms with E-state index in [1.165, 1.54) is 17.4 Å². The van der Waals surface area contributed by atoms with Gasteiger partial charge in [-0.1, -0.05) is 0 Å². The number of likely N-dealkylation sites (tertiary alicyclic amines) is 1. The molecule has 1 atom stereocenters. The van der Waals surface area contributed by atoms with Crippen LogP contribution in [0.5, 0.6) is 0 Å². The molecule has 154 valence electrons. The number of thiazole rings is 1. The van der Waals surface area contributed by atoms with Gasteiger partial charge in [0.25, 0.3) is 0 Å². The van der Waals surface area contributed by atoms with Crippen LogP contribution in [0.2, 0.25) is 0 Å². The minimum Gasteiger partial charge on any atom is -0.444 e. The van der Waals surface area contributed by atoms with Crippen LogP contribution in [0, 0.1) is 5.82 Å². The van der Waals surface area contributed by atoms with Crippen LogP contribution in [0.15, 0.2) is 17.5 Å². The first kappa shape index (κ1) is 20.0. The first-order valence-corrected chi connectivity index (χ1v) is 10.9. The zero-order valence-electron chi connectivity index (χ0n) is 17.0. The second-order valence-electron chi connectivity index (χ2n) is 8.64. The van der Waals surface area contributed by atoms with Gasteiger partial charge in [-0.15, -0.1) is 11.3 Å². The zero-order chi connectivity index (χ0) is 20.8. The molecule has 7 heteroatoms. The molecule has 1 fully saturated rings. The van der Waals surface area contributed by atoms with E-state index in [0.717, 1.165) is 36.3 Å². The van der Waals surface area contributed by atoms with Crippen LogP contribution in [0.3, 0.4) is 0 Å². The fourth-order valence-electron chi connectivity index (χ4n) is 4.12. The molecule has 1 aromatic carbocycles. The second-order valence-corrected chi connectivity index (χ2v) is 9.53. The number of hydrogen-bond acceptors (Lipinski definition) is 5. The van der Waals surface area contributed by atoms with Gasteiger partial charge in [0, 0.05) is 17.5 Å². The molecule has 0 bridgehead atoms. The highest BCUT2D eigenvalue weighted by Gasteiger charge is 2.35. The summed E-state index contributed by atoms with van der Waals surface area (Å²) in [6.45, 7) is 6.15. The molecule has 0 spiro atoms. The van der Waals surface area contributed by atoms with Crippen LogP contribution in [0.1, 0.15) is 78.3 Å². The van der Waals surface area contributed by atoms with Gasteiger partial charge in [-0.05, 0) is 76.1 Å². The Kier molecular flexibility index (Phi) is 5.19. The Labute approximate surface area is 173 Å². The Balaban J connectivity index is 1.56. The Morgan fingerprint density at radius 2 is 1.97 bits per heavy atom. The van der Waals surface area contributed by atoms with Gasteiger partial charge in [-0.2, -0.15) is 0 Å². The number of rotatable bonds is 3. The molecule has 0 radical (unpaired) electrons. The maximum absolute atomic E-state index is 14.0. The summed E-state index contributed by atoms with van der Waals surface area (Å²) < 4.78 is 19.5. The number of halogens is 1. The molecule has 5 nitrogen and oxygen atoms in total. The fraction of sp³-hybridized carbons (Fsp3) is 0.500. The predicted octanol–water partition coefficient (Wildman–Crippen LogP) is 5.07. The topological polar surface area (TPSA) is 59.5 Å². The Morgan fingerprint density at radius 1 is 1.21 bits per heavy atom. The van der Waals surface area contributed by atoms with E-state index in [1.807, 2.05) is 20.8 Å². The van der Waals surface area contributed by atoms with Crippen LogP contribution >= 0.6 is 11.3 Å². The highest BCUT2D eigenvalue weighted by Crippen LogP contribution is 2.36. The lowest BCUT2D eigenvalue weighted by Crippen LogP contribution is -2.36. The molecule has 29 heavy (non-hydrogen) atoms. The molecule has 1 amide bonds. The van der Waals surface area contributed by atoms with Crippen LogP contribution in [0.25, 0.3) is 0 Å². The molecule has 2 aromatic rings. The maximum Gasteiger partial charge on any atom is 0.410 e. The van der Waals surface area contributed by atoms with E-state index in [9.17, 15) is 14.0 Å². The maximum atomic E-state index is 14.0. The van der Waals surface area contributed by atoms with Crippen molar-refractivity contribution in [2.45, 2.75) is 64.5 Å². The lowest BCUT2D eigenvalue weighted by atomic mass is 9.98. The van der Waals surface area contributed by atoms with Crippen molar-refractivity contribution in [2.75, 3.05) is 6.54 Å². The van der Waals surface area contributed by atoms with E-state index in [1.54, 1.807) is 16.3 Å². The predicted molar refractivity (Wildman–Crippen MR) is 109 cm³/mol. The molecule has 2 heterocycles. The van der Waals surface area contributed by atoms with Crippen molar-refractivity contribution >= 4 is 23.2 Å². The summed E-state index contributed by atoms with van der Waals surface area (Å²) in [5.41, 5.74) is 1.84. The summed E-state index contributed by atoms with van der Waals surface area (Å²) >= 11 is 1.39. The molecule has 1 saturated heterocycles. The van der Waals surface area contributed by atoms with Crippen molar-refractivity contribution in [3.8, 4) is 0 Å². The fourth-order valence-corrected chi connectivity index (χ4v) is 5.07. The normalized spacial score (nSPS) is 18.8. The molecule has 1 aromatic heterocycles. The highest BCUT2D eigenvalue weighted by atomic mass is 32.1. The van der Waals surface area contributed by atoms with Gasteiger partial charge in [0.2, 0.25) is 5.78 Å². The second kappa shape index (κ2) is 7.52. The van der Waals surface area contributed by atoms with Gasteiger partial charge in [0.15, 0.2) is 0 Å². The van der Waals surface area contributed by atoms with E-state index in [-0.39, 0.29) is 23.7 Å². The van der Waals surface area contributed by atoms with Crippen molar-refractivity contribution in [2.24, 2.45) is 0 Å². The average Bonchev–Trinajstić information content (AvgIpc) is 3.38. The minimum atomic E-state index is -0.558. The number of ketones is 1. The SMILES string of the molecule is CC(C)(C)OC(=O)N1CCC[C@H]1c1nc(C(=O)c2ccc(F)c3c2CCC3)cs1. The number of ether oxygens (including phenoxy) is 1. The van der Waals surface area contributed by atoms with E-state index in [2.05, 4.69) is 4.98 Å². The van der Waals surface area contributed by atoms with Crippen molar-refractivity contribution in [3.05, 3.63) is 50.7 Å². The van der Waals surface area contributed by atoms with Gasteiger partial charge < -0.3 is 4.74 Å². The van der Waals surface area contributed by atoms with Crippen molar-refractivity contribution in [1.29, 1.82) is 0 Å². The molecular weight excluding hydrogens is 391 g/mol. The summed E-state index contributed by atoms with van der Waals surface area (Å²) in [5.74, 6) is -0.403. The smallest absolute Gasteiger partial charge is 0.410 e. The molecule has 2 aliphatic rings. The van der Waals surface area contributed by atoms with Crippen LogP contribution in [0.4, 0.5) is 9.18 Å².